The molecule has 1 heterocycles. The number of hydrogen-bond donors (Lipinski definition) is 2. The highest BCUT2D eigenvalue weighted by Gasteiger charge is 2.30. The molecule has 1 aliphatic rings. The van der Waals surface area contributed by atoms with Crippen LogP contribution < -0.4 is 10.6 Å². The Morgan fingerprint density at radius 3 is 2.94 bits per heavy atom. The van der Waals surface area contributed by atoms with Gasteiger partial charge in [0.05, 0.1) is 5.69 Å². The van der Waals surface area contributed by atoms with Crippen LogP contribution >= 0.6 is 0 Å². The van der Waals surface area contributed by atoms with Crippen molar-refractivity contribution in [2.75, 3.05) is 11.4 Å². The van der Waals surface area contributed by atoms with Gasteiger partial charge in [0.2, 0.25) is 0 Å². The van der Waals surface area contributed by atoms with Crippen LogP contribution in [-0.4, -0.2) is 23.4 Å². The van der Waals surface area contributed by atoms with Gasteiger partial charge in [-0.05, 0) is 31.4 Å². The summed E-state index contributed by atoms with van der Waals surface area (Å²) >= 11 is 0. The van der Waals surface area contributed by atoms with Crippen molar-refractivity contribution in [1.82, 2.24) is 4.98 Å². The summed E-state index contributed by atoms with van der Waals surface area (Å²) in [6.07, 6.45) is 5.28. The summed E-state index contributed by atoms with van der Waals surface area (Å²) in [5, 5.41) is 7.55. The van der Waals surface area contributed by atoms with E-state index < -0.39 is 0 Å². The van der Waals surface area contributed by atoms with E-state index in [-0.39, 0.29) is 5.84 Å². The monoisotopic (exact) mass is 218 g/mol. The van der Waals surface area contributed by atoms with Crippen molar-refractivity contribution in [2.45, 2.75) is 32.2 Å². The normalized spacial score (nSPS) is 14.8. The third-order valence-electron chi connectivity index (χ3n) is 2.80. The Kier molecular flexibility index (Phi) is 3.08. The minimum absolute atomic E-state index is 0.0531. The highest BCUT2D eigenvalue weighted by Crippen LogP contribution is 2.32. The summed E-state index contributed by atoms with van der Waals surface area (Å²) in [4.78, 5) is 6.54. The maximum absolute atomic E-state index is 7.55. The second kappa shape index (κ2) is 4.51. The second-order valence-corrected chi connectivity index (χ2v) is 4.21. The fraction of sp³-hybridized carbons (Fsp3) is 0.500. The molecule has 1 aromatic rings. The molecular formula is C12H18N4. The third-order valence-corrected chi connectivity index (χ3v) is 2.80. The van der Waals surface area contributed by atoms with E-state index in [1.54, 1.807) is 6.20 Å². The number of nitrogens with zero attached hydrogens (tertiary/aromatic N) is 2. The van der Waals surface area contributed by atoms with Crippen LogP contribution in [0.25, 0.3) is 0 Å². The lowest BCUT2D eigenvalue weighted by Crippen LogP contribution is -2.29. The number of aromatic nitrogens is 1. The van der Waals surface area contributed by atoms with Crippen LogP contribution in [0.1, 0.15) is 31.9 Å². The summed E-state index contributed by atoms with van der Waals surface area (Å²) in [6.45, 7) is 3.18. The van der Waals surface area contributed by atoms with E-state index in [1.165, 1.54) is 12.8 Å². The molecule has 0 unspecified atom stereocenters. The van der Waals surface area contributed by atoms with Gasteiger partial charge in [0.1, 0.15) is 11.5 Å². The smallest absolute Gasteiger partial charge is 0.143 e. The zero-order valence-electron chi connectivity index (χ0n) is 9.61. The molecule has 1 aliphatic carbocycles. The van der Waals surface area contributed by atoms with E-state index in [4.69, 9.17) is 11.1 Å². The summed E-state index contributed by atoms with van der Waals surface area (Å²) in [5.74, 6) is 0.0531. The number of rotatable bonds is 5. The van der Waals surface area contributed by atoms with Crippen molar-refractivity contribution in [2.24, 2.45) is 5.73 Å². The Balaban J connectivity index is 2.32. The average Bonchev–Trinajstić information content (AvgIpc) is 3.10. The van der Waals surface area contributed by atoms with Gasteiger partial charge in [0.25, 0.3) is 0 Å². The number of amidine groups is 1. The predicted molar refractivity (Wildman–Crippen MR) is 65.9 cm³/mol. The molecule has 0 aliphatic heterocycles. The fourth-order valence-corrected chi connectivity index (χ4v) is 1.96. The first-order chi connectivity index (χ1) is 7.74. The van der Waals surface area contributed by atoms with Gasteiger partial charge in [0.15, 0.2) is 0 Å². The van der Waals surface area contributed by atoms with Crippen molar-refractivity contribution in [3.63, 3.8) is 0 Å². The van der Waals surface area contributed by atoms with Crippen LogP contribution in [0.5, 0.6) is 0 Å². The van der Waals surface area contributed by atoms with Gasteiger partial charge in [-0.2, -0.15) is 0 Å². The standard InChI is InChI=1S/C12H18N4/c1-2-8-16(9-5-6-9)10-4-3-7-15-11(10)12(13)14/h3-4,7,9H,2,5-6,8H2,1H3,(H3,13,14). The number of nitrogens with one attached hydrogen (secondary N) is 1. The number of pyridine rings is 1. The molecule has 0 atom stereocenters. The predicted octanol–water partition coefficient (Wildman–Crippen LogP) is 1.74. The Hall–Kier alpha value is -1.58. The highest BCUT2D eigenvalue weighted by atomic mass is 15.2. The largest absolute Gasteiger partial charge is 0.382 e. The van der Waals surface area contributed by atoms with Gasteiger partial charge in [-0.3, -0.25) is 10.4 Å². The van der Waals surface area contributed by atoms with Crippen molar-refractivity contribution in [3.8, 4) is 0 Å². The average molecular weight is 218 g/mol. The number of hydrogen-bond acceptors (Lipinski definition) is 3. The topological polar surface area (TPSA) is 66.0 Å². The molecule has 0 amide bonds. The van der Waals surface area contributed by atoms with E-state index >= 15 is 0 Å². The Morgan fingerprint density at radius 2 is 2.38 bits per heavy atom. The van der Waals surface area contributed by atoms with Crippen LogP contribution in [-0.2, 0) is 0 Å². The molecule has 2 rings (SSSR count). The van der Waals surface area contributed by atoms with E-state index in [2.05, 4.69) is 16.8 Å². The Bertz CT molecular complexity index is 384. The molecule has 0 radical (unpaired) electrons. The quantitative estimate of drug-likeness (QED) is 0.584. The molecule has 4 heteroatoms. The molecule has 0 aromatic carbocycles. The van der Waals surface area contributed by atoms with E-state index in [0.717, 1.165) is 18.7 Å². The Labute approximate surface area is 96.0 Å². The van der Waals surface area contributed by atoms with Crippen LogP contribution in [0.2, 0.25) is 0 Å². The molecular weight excluding hydrogens is 200 g/mol. The van der Waals surface area contributed by atoms with Crippen LogP contribution in [0.4, 0.5) is 5.69 Å². The zero-order valence-corrected chi connectivity index (χ0v) is 9.61. The van der Waals surface area contributed by atoms with Crippen molar-refractivity contribution < 1.29 is 0 Å². The van der Waals surface area contributed by atoms with Crippen molar-refractivity contribution in [3.05, 3.63) is 24.0 Å². The lowest BCUT2D eigenvalue weighted by molar-refractivity contribution is 0.760. The minimum atomic E-state index is 0.0531. The molecule has 86 valence electrons. The van der Waals surface area contributed by atoms with Gasteiger partial charge >= 0.3 is 0 Å². The Morgan fingerprint density at radius 1 is 1.62 bits per heavy atom. The molecule has 0 saturated heterocycles. The molecule has 16 heavy (non-hydrogen) atoms. The maximum Gasteiger partial charge on any atom is 0.143 e. The number of nitrogens with two attached hydrogens (primary N) is 1. The first-order valence-electron chi connectivity index (χ1n) is 5.80. The van der Waals surface area contributed by atoms with Crippen molar-refractivity contribution >= 4 is 11.5 Å². The van der Waals surface area contributed by atoms with Crippen LogP contribution in [0.15, 0.2) is 18.3 Å². The molecule has 1 aromatic heterocycles. The van der Waals surface area contributed by atoms with Gasteiger partial charge < -0.3 is 10.6 Å². The molecule has 4 nitrogen and oxygen atoms in total. The summed E-state index contributed by atoms with van der Waals surface area (Å²) in [7, 11) is 0. The van der Waals surface area contributed by atoms with Crippen LogP contribution in [0, 0.1) is 5.41 Å². The maximum atomic E-state index is 7.55. The lowest BCUT2D eigenvalue weighted by atomic mass is 10.2. The zero-order chi connectivity index (χ0) is 11.5. The first kappa shape index (κ1) is 10.9. The summed E-state index contributed by atoms with van der Waals surface area (Å²) in [5.41, 5.74) is 7.19. The van der Waals surface area contributed by atoms with E-state index in [0.29, 0.717) is 11.7 Å². The third kappa shape index (κ3) is 2.15. The molecule has 0 bridgehead atoms. The first-order valence-corrected chi connectivity index (χ1v) is 5.80. The lowest BCUT2D eigenvalue weighted by Gasteiger charge is -2.25. The van der Waals surface area contributed by atoms with Crippen molar-refractivity contribution in [1.29, 1.82) is 5.41 Å². The molecule has 1 fully saturated rings. The van der Waals surface area contributed by atoms with E-state index in [1.807, 2.05) is 12.1 Å². The highest BCUT2D eigenvalue weighted by molar-refractivity contribution is 5.98. The number of nitrogen functional groups attached to an aromatic ring is 1. The summed E-state index contributed by atoms with van der Waals surface area (Å²) < 4.78 is 0. The van der Waals surface area contributed by atoms with Gasteiger partial charge in [0, 0.05) is 18.8 Å². The fourth-order valence-electron chi connectivity index (χ4n) is 1.96. The van der Waals surface area contributed by atoms with Gasteiger partial charge in [-0.1, -0.05) is 6.92 Å². The van der Waals surface area contributed by atoms with E-state index in [9.17, 15) is 0 Å². The second-order valence-electron chi connectivity index (χ2n) is 4.21. The molecule has 1 saturated carbocycles. The van der Waals surface area contributed by atoms with Gasteiger partial charge in [-0.25, -0.2) is 0 Å². The minimum Gasteiger partial charge on any atom is -0.382 e. The number of anilines is 1. The van der Waals surface area contributed by atoms with Crippen LogP contribution in [0.3, 0.4) is 0 Å². The molecule has 0 spiro atoms. The summed E-state index contributed by atoms with van der Waals surface area (Å²) in [6, 6.07) is 4.55. The molecule has 3 N–H and O–H groups in total. The SMILES string of the molecule is CCCN(c1cccnc1C(=N)N)C1CC1. The van der Waals surface area contributed by atoms with Gasteiger partial charge in [-0.15, -0.1) is 0 Å².